The van der Waals surface area contributed by atoms with Gasteiger partial charge in [-0.15, -0.1) is 0 Å². The van der Waals surface area contributed by atoms with E-state index in [0.29, 0.717) is 38.5 Å². The Balaban J connectivity index is 1.84. The predicted octanol–water partition coefficient (Wildman–Crippen LogP) is 4.50. The summed E-state index contributed by atoms with van der Waals surface area (Å²) < 4.78 is 18.5. The summed E-state index contributed by atoms with van der Waals surface area (Å²) >= 11 is 0. The van der Waals surface area contributed by atoms with Gasteiger partial charge >= 0.3 is 5.97 Å². The lowest BCUT2D eigenvalue weighted by molar-refractivity contribution is -0.198. The summed E-state index contributed by atoms with van der Waals surface area (Å²) in [7, 11) is 0. The standard InChI is InChI=1S/C32H46O7/c1-23-13-7-4-8-15-26-21-30(32(3,22-34)29(38-26)16-10-6-12-18-33)39-31(36)17-11-5-9-14-25-20-27(35)24(2)28(19-23)37-25/h5-11,13,15,17,19,24-30,33-35H,4,12,14,16,18,20-22H2,1-3H3/b9-5+,10-6-,13-7?,15-8+,17-11+,23-19?/t24-,25+,26-,27+,28-,29+,30-,32+/m1/s1. The molecule has 39 heavy (non-hydrogen) atoms. The summed E-state index contributed by atoms with van der Waals surface area (Å²) in [6.45, 7) is 5.83. The van der Waals surface area contributed by atoms with Gasteiger partial charge in [0.15, 0.2) is 0 Å². The maximum absolute atomic E-state index is 12.8. The highest BCUT2D eigenvalue weighted by molar-refractivity contribution is 5.82. The predicted molar refractivity (Wildman–Crippen MR) is 152 cm³/mol. The third kappa shape index (κ3) is 9.12. The SMILES string of the molecule is CC1=C[C@H]2O[C@@H](C/C=C/C=C/C(=O)O[C@@H]3C[C@@H](/C=C/CC=C1)O[C@@H](C/C=C\CCO)[C@]3(C)CO)C[C@H](O)[C@H]2C. The fourth-order valence-corrected chi connectivity index (χ4v) is 5.30. The van der Waals surface area contributed by atoms with E-state index in [1.165, 1.54) is 6.08 Å². The molecule has 0 aromatic carbocycles. The Morgan fingerprint density at radius 1 is 1.08 bits per heavy atom. The smallest absolute Gasteiger partial charge is 0.331 e. The fourth-order valence-electron chi connectivity index (χ4n) is 5.30. The molecule has 7 heteroatoms. The minimum absolute atomic E-state index is 0.00781. The lowest BCUT2D eigenvalue weighted by Crippen LogP contribution is -2.55. The van der Waals surface area contributed by atoms with Crippen molar-refractivity contribution in [1.29, 1.82) is 0 Å². The molecular weight excluding hydrogens is 496 g/mol. The lowest BCUT2D eigenvalue weighted by Gasteiger charge is -2.47. The van der Waals surface area contributed by atoms with Gasteiger partial charge in [-0.3, -0.25) is 0 Å². The lowest BCUT2D eigenvalue weighted by atomic mass is 9.73. The third-order valence-corrected chi connectivity index (χ3v) is 7.96. The van der Waals surface area contributed by atoms with E-state index in [1.54, 1.807) is 12.2 Å². The Labute approximate surface area is 233 Å². The second-order valence-corrected chi connectivity index (χ2v) is 11.1. The molecule has 3 rings (SSSR count). The first-order chi connectivity index (χ1) is 18.8. The molecule has 0 aromatic heterocycles. The van der Waals surface area contributed by atoms with Gasteiger partial charge in [-0.25, -0.2) is 4.79 Å². The monoisotopic (exact) mass is 542 g/mol. The highest BCUT2D eigenvalue weighted by Gasteiger charge is 2.48. The van der Waals surface area contributed by atoms with Crippen LogP contribution in [0.2, 0.25) is 0 Å². The molecule has 0 amide bonds. The molecule has 3 heterocycles. The van der Waals surface area contributed by atoms with Crippen LogP contribution >= 0.6 is 0 Å². The molecule has 8 atom stereocenters. The summed E-state index contributed by atoms with van der Waals surface area (Å²) in [4.78, 5) is 12.8. The topological polar surface area (TPSA) is 105 Å². The van der Waals surface area contributed by atoms with Gasteiger partial charge in [-0.05, 0) is 32.6 Å². The number of ether oxygens (including phenoxy) is 3. The van der Waals surface area contributed by atoms with E-state index in [1.807, 2.05) is 51.2 Å². The maximum Gasteiger partial charge on any atom is 0.331 e. The molecule has 2 saturated heterocycles. The zero-order valence-electron chi connectivity index (χ0n) is 23.5. The van der Waals surface area contributed by atoms with Crippen molar-refractivity contribution in [1.82, 2.24) is 0 Å². The summed E-state index contributed by atoms with van der Waals surface area (Å²) in [6.07, 6.45) is 22.4. The molecule has 0 radical (unpaired) electrons. The summed E-state index contributed by atoms with van der Waals surface area (Å²) in [5, 5.41) is 30.0. The molecule has 4 bridgehead atoms. The number of fused-ring (bicyclic) bond motifs is 4. The highest BCUT2D eigenvalue weighted by Crippen LogP contribution is 2.41. The van der Waals surface area contributed by atoms with Crippen molar-refractivity contribution in [3.05, 3.63) is 72.4 Å². The fraction of sp³-hybridized carbons (Fsp3) is 0.594. The van der Waals surface area contributed by atoms with Crippen molar-refractivity contribution >= 4 is 5.97 Å². The van der Waals surface area contributed by atoms with Crippen molar-refractivity contribution in [2.75, 3.05) is 13.2 Å². The summed E-state index contributed by atoms with van der Waals surface area (Å²) in [5.41, 5.74) is 0.300. The molecule has 0 spiro atoms. The minimum atomic E-state index is -0.779. The van der Waals surface area contributed by atoms with Crippen molar-refractivity contribution in [2.45, 2.75) is 95.9 Å². The van der Waals surface area contributed by atoms with E-state index in [9.17, 15) is 15.0 Å². The molecule has 3 N–H and O–H groups in total. The zero-order chi connectivity index (χ0) is 28.3. The van der Waals surface area contributed by atoms with E-state index in [0.717, 1.165) is 5.57 Å². The van der Waals surface area contributed by atoms with Gasteiger partial charge in [-0.1, -0.05) is 80.2 Å². The molecule has 0 aliphatic carbocycles. The molecule has 3 aliphatic rings. The normalized spacial score (nSPS) is 39.0. The van der Waals surface area contributed by atoms with Crippen LogP contribution in [-0.4, -0.2) is 71.1 Å². The van der Waals surface area contributed by atoms with Crippen molar-refractivity contribution in [2.24, 2.45) is 11.3 Å². The molecule has 2 fully saturated rings. The number of carbonyl (C=O) groups is 1. The average Bonchev–Trinajstić information content (AvgIpc) is 2.90. The average molecular weight is 543 g/mol. The molecule has 0 unspecified atom stereocenters. The van der Waals surface area contributed by atoms with Crippen LogP contribution in [0.1, 0.15) is 59.3 Å². The Morgan fingerprint density at radius 3 is 2.67 bits per heavy atom. The van der Waals surface area contributed by atoms with Gasteiger partial charge in [0, 0.05) is 31.4 Å². The Bertz CT molecular complexity index is 962. The quantitative estimate of drug-likeness (QED) is 0.347. The number of carbonyl (C=O) groups excluding carboxylic acids is 1. The van der Waals surface area contributed by atoms with E-state index < -0.39 is 23.6 Å². The molecule has 216 valence electrons. The molecule has 3 aliphatic heterocycles. The highest BCUT2D eigenvalue weighted by atomic mass is 16.6. The van der Waals surface area contributed by atoms with E-state index in [2.05, 4.69) is 18.2 Å². The van der Waals surface area contributed by atoms with E-state index >= 15 is 0 Å². The van der Waals surface area contributed by atoms with Gasteiger partial charge in [0.2, 0.25) is 0 Å². The second kappa shape index (κ2) is 15.5. The number of aliphatic hydroxyl groups is 3. The van der Waals surface area contributed by atoms with E-state index in [-0.39, 0.29) is 43.5 Å². The van der Waals surface area contributed by atoms with Crippen LogP contribution in [0.4, 0.5) is 0 Å². The number of hydrogen-bond acceptors (Lipinski definition) is 7. The van der Waals surface area contributed by atoms with Gasteiger partial charge in [0.25, 0.3) is 0 Å². The third-order valence-electron chi connectivity index (χ3n) is 7.96. The first-order valence-corrected chi connectivity index (χ1v) is 14.2. The molecule has 0 saturated carbocycles. The Hall–Kier alpha value is -2.29. The Morgan fingerprint density at radius 2 is 1.90 bits per heavy atom. The second-order valence-electron chi connectivity index (χ2n) is 11.1. The number of allylic oxidation sites excluding steroid dienone is 6. The summed E-state index contributed by atoms with van der Waals surface area (Å²) in [6, 6.07) is 0. The van der Waals surface area contributed by atoms with Crippen LogP contribution in [0.3, 0.4) is 0 Å². The van der Waals surface area contributed by atoms with Gasteiger partial charge < -0.3 is 29.5 Å². The molecular formula is C32H46O7. The molecule has 7 nitrogen and oxygen atoms in total. The maximum atomic E-state index is 12.8. The number of hydrogen-bond donors (Lipinski definition) is 3. The van der Waals surface area contributed by atoms with Crippen LogP contribution in [-0.2, 0) is 19.0 Å². The van der Waals surface area contributed by atoms with Crippen LogP contribution in [0.15, 0.2) is 72.4 Å². The van der Waals surface area contributed by atoms with Gasteiger partial charge in [-0.2, -0.15) is 0 Å². The molecule has 0 aromatic rings. The summed E-state index contributed by atoms with van der Waals surface area (Å²) in [5.74, 6) is -0.465. The number of rotatable bonds is 5. The van der Waals surface area contributed by atoms with Crippen molar-refractivity contribution in [3.8, 4) is 0 Å². The van der Waals surface area contributed by atoms with Crippen LogP contribution in [0, 0.1) is 11.3 Å². The number of aliphatic hydroxyl groups excluding tert-OH is 3. The first kappa shape index (κ1) is 31.2. The van der Waals surface area contributed by atoms with Crippen molar-refractivity contribution < 1.29 is 34.3 Å². The largest absolute Gasteiger partial charge is 0.458 e. The van der Waals surface area contributed by atoms with E-state index in [4.69, 9.17) is 19.3 Å². The van der Waals surface area contributed by atoms with Gasteiger partial charge in [0.1, 0.15) is 6.10 Å². The minimum Gasteiger partial charge on any atom is -0.458 e. The van der Waals surface area contributed by atoms with Crippen molar-refractivity contribution in [3.63, 3.8) is 0 Å². The van der Waals surface area contributed by atoms with Crippen LogP contribution < -0.4 is 0 Å². The Kier molecular flexibility index (Phi) is 12.4. The first-order valence-electron chi connectivity index (χ1n) is 14.2. The van der Waals surface area contributed by atoms with Crippen LogP contribution in [0.25, 0.3) is 0 Å². The van der Waals surface area contributed by atoms with Gasteiger partial charge in [0.05, 0.1) is 42.5 Å². The van der Waals surface area contributed by atoms with Crippen LogP contribution in [0.5, 0.6) is 0 Å². The number of esters is 1. The zero-order valence-corrected chi connectivity index (χ0v) is 23.5.